The van der Waals surface area contributed by atoms with Crippen molar-refractivity contribution in [3.8, 4) is 11.5 Å². The van der Waals surface area contributed by atoms with E-state index in [0.717, 1.165) is 29.3 Å². The van der Waals surface area contributed by atoms with Crippen LogP contribution in [0.25, 0.3) is 0 Å². The van der Waals surface area contributed by atoms with Crippen LogP contribution < -0.4 is 9.47 Å². The maximum absolute atomic E-state index is 5.26. The van der Waals surface area contributed by atoms with Crippen LogP contribution in [-0.4, -0.2) is 24.2 Å². The van der Waals surface area contributed by atoms with Gasteiger partial charge in [0.15, 0.2) is 0 Å². The second-order valence-electron chi connectivity index (χ2n) is 3.85. The number of rotatable bonds is 5. The minimum absolute atomic E-state index is 0.160. The van der Waals surface area contributed by atoms with Gasteiger partial charge in [0.2, 0.25) is 0 Å². The lowest BCUT2D eigenvalue weighted by Crippen LogP contribution is -1.99. The minimum atomic E-state index is 0.160. The van der Waals surface area contributed by atoms with Gasteiger partial charge in [0.05, 0.1) is 14.2 Å². The number of H-pyrrole nitrogens is 1. The number of halogens is 1. The summed E-state index contributed by atoms with van der Waals surface area (Å²) < 4.78 is 10.5. The fourth-order valence-electron chi connectivity index (χ4n) is 1.71. The molecule has 0 saturated heterocycles. The fourth-order valence-corrected chi connectivity index (χ4v) is 2.28. The third-order valence-corrected chi connectivity index (χ3v) is 3.52. The quantitative estimate of drug-likeness (QED) is 0.863. The third kappa shape index (κ3) is 3.04. The first kappa shape index (κ1) is 13.0. The summed E-state index contributed by atoms with van der Waals surface area (Å²) in [5, 5.41) is 0. The number of aromatic amines is 1. The van der Waals surface area contributed by atoms with Crippen LogP contribution in [0.5, 0.6) is 11.5 Å². The first-order chi connectivity index (χ1) is 8.72. The van der Waals surface area contributed by atoms with Gasteiger partial charge in [-0.2, -0.15) is 0 Å². The van der Waals surface area contributed by atoms with Crippen molar-refractivity contribution in [2.45, 2.75) is 11.2 Å². The van der Waals surface area contributed by atoms with Crippen LogP contribution in [0, 0.1) is 0 Å². The molecule has 1 N–H and O–H groups in total. The predicted octanol–water partition coefficient (Wildman–Crippen LogP) is 3.11. The van der Waals surface area contributed by atoms with Gasteiger partial charge in [-0.15, -0.1) is 0 Å². The molecule has 0 bridgehead atoms. The summed E-state index contributed by atoms with van der Waals surface area (Å²) in [6, 6.07) is 5.84. The second-order valence-corrected chi connectivity index (χ2v) is 4.96. The summed E-state index contributed by atoms with van der Waals surface area (Å²) in [4.78, 5) is 7.47. The van der Waals surface area contributed by atoms with E-state index in [1.807, 2.05) is 24.4 Å². The van der Waals surface area contributed by atoms with Gasteiger partial charge in [-0.3, -0.25) is 0 Å². The SMILES string of the molecule is COc1cc(OC)cc(C(Br)Cc2ncc[nH]2)c1. The Labute approximate surface area is 114 Å². The van der Waals surface area contributed by atoms with Crippen LogP contribution in [0.3, 0.4) is 0 Å². The number of aromatic nitrogens is 2. The van der Waals surface area contributed by atoms with Crippen LogP contribution in [0.2, 0.25) is 0 Å². The molecule has 0 saturated carbocycles. The zero-order valence-electron chi connectivity index (χ0n) is 10.3. The first-order valence-corrected chi connectivity index (χ1v) is 6.49. The Morgan fingerprint density at radius 1 is 1.22 bits per heavy atom. The standard InChI is InChI=1S/C13H15BrN2O2/c1-17-10-5-9(6-11(7-10)18-2)12(14)8-13-15-3-4-16-13/h3-7,12H,8H2,1-2H3,(H,15,16). The maximum atomic E-state index is 5.26. The van der Waals surface area contributed by atoms with Crippen molar-refractivity contribution in [3.63, 3.8) is 0 Å². The van der Waals surface area contributed by atoms with E-state index in [1.54, 1.807) is 20.4 Å². The van der Waals surface area contributed by atoms with Crippen molar-refractivity contribution in [2.24, 2.45) is 0 Å². The lowest BCUT2D eigenvalue weighted by Gasteiger charge is -2.12. The zero-order chi connectivity index (χ0) is 13.0. The Morgan fingerprint density at radius 2 is 1.89 bits per heavy atom. The maximum Gasteiger partial charge on any atom is 0.122 e. The summed E-state index contributed by atoms with van der Waals surface area (Å²) in [6.45, 7) is 0. The smallest absolute Gasteiger partial charge is 0.122 e. The molecule has 96 valence electrons. The topological polar surface area (TPSA) is 47.1 Å². The number of ether oxygens (including phenoxy) is 2. The lowest BCUT2D eigenvalue weighted by molar-refractivity contribution is 0.393. The Hall–Kier alpha value is -1.49. The van der Waals surface area contributed by atoms with Crippen molar-refractivity contribution in [3.05, 3.63) is 42.0 Å². The van der Waals surface area contributed by atoms with Gasteiger partial charge in [-0.1, -0.05) is 15.9 Å². The van der Waals surface area contributed by atoms with E-state index in [1.165, 1.54) is 0 Å². The summed E-state index contributed by atoms with van der Waals surface area (Å²) >= 11 is 3.66. The number of hydrogen-bond donors (Lipinski definition) is 1. The van der Waals surface area contributed by atoms with Crippen molar-refractivity contribution in [1.29, 1.82) is 0 Å². The summed E-state index contributed by atoms with van der Waals surface area (Å²) in [6.07, 6.45) is 4.35. The Kier molecular flexibility index (Phi) is 4.25. The molecule has 1 unspecified atom stereocenters. The average Bonchev–Trinajstić information content (AvgIpc) is 2.90. The first-order valence-electron chi connectivity index (χ1n) is 5.58. The number of methoxy groups -OCH3 is 2. The molecule has 0 aliphatic heterocycles. The van der Waals surface area contributed by atoms with Gasteiger partial charge in [0.1, 0.15) is 17.3 Å². The molecule has 1 heterocycles. The van der Waals surface area contributed by atoms with Gasteiger partial charge in [-0.05, 0) is 17.7 Å². The zero-order valence-corrected chi connectivity index (χ0v) is 11.9. The molecule has 0 spiro atoms. The van der Waals surface area contributed by atoms with Crippen LogP contribution in [0.4, 0.5) is 0 Å². The largest absolute Gasteiger partial charge is 0.497 e. The van der Waals surface area contributed by atoms with E-state index < -0.39 is 0 Å². The summed E-state index contributed by atoms with van der Waals surface area (Å²) in [5.41, 5.74) is 1.10. The number of nitrogens with zero attached hydrogens (tertiary/aromatic N) is 1. The molecule has 2 rings (SSSR count). The highest BCUT2D eigenvalue weighted by atomic mass is 79.9. The van der Waals surface area contributed by atoms with Crippen LogP contribution >= 0.6 is 15.9 Å². The molecule has 2 aromatic rings. The van der Waals surface area contributed by atoms with Crippen LogP contribution in [-0.2, 0) is 6.42 Å². The lowest BCUT2D eigenvalue weighted by atomic mass is 10.1. The molecule has 1 atom stereocenters. The summed E-state index contributed by atoms with van der Waals surface area (Å²) in [7, 11) is 3.29. The molecule has 1 aromatic carbocycles. The fraction of sp³-hybridized carbons (Fsp3) is 0.308. The van der Waals surface area contributed by atoms with E-state index in [9.17, 15) is 0 Å². The number of alkyl halides is 1. The monoisotopic (exact) mass is 310 g/mol. The predicted molar refractivity (Wildman–Crippen MR) is 73.5 cm³/mol. The minimum Gasteiger partial charge on any atom is -0.497 e. The van der Waals surface area contributed by atoms with Crippen molar-refractivity contribution >= 4 is 15.9 Å². The molecule has 4 nitrogen and oxygen atoms in total. The highest BCUT2D eigenvalue weighted by Gasteiger charge is 2.12. The van der Waals surface area contributed by atoms with E-state index in [2.05, 4.69) is 25.9 Å². The molecule has 0 aliphatic carbocycles. The molecule has 18 heavy (non-hydrogen) atoms. The Balaban J connectivity index is 2.20. The van der Waals surface area contributed by atoms with Crippen molar-refractivity contribution < 1.29 is 9.47 Å². The molecular formula is C13H15BrN2O2. The number of benzene rings is 1. The number of imidazole rings is 1. The highest BCUT2D eigenvalue weighted by molar-refractivity contribution is 9.09. The molecule has 1 aromatic heterocycles. The van der Waals surface area contributed by atoms with Crippen LogP contribution in [0.15, 0.2) is 30.6 Å². The van der Waals surface area contributed by atoms with E-state index >= 15 is 0 Å². The van der Waals surface area contributed by atoms with E-state index in [0.29, 0.717) is 0 Å². The van der Waals surface area contributed by atoms with Gasteiger partial charge in [-0.25, -0.2) is 4.98 Å². The van der Waals surface area contributed by atoms with E-state index in [-0.39, 0.29) is 4.83 Å². The van der Waals surface area contributed by atoms with Gasteiger partial charge in [0.25, 0.3) is 0 Å². The Bertz CT molecular complexity index is 477. The van der Waals surface area contributed by atoms with Gasteiger partial charge < -0.3 is 14.5 Å². The molecule has 0 radical (unpaired) electrons. The molecule has 0 fully saturated rings. The average molecular weight is 311 g/mol. The molecule has 0 amide bonds. The second kappa shape index (κ2) is 5.91. The highest BCUT2D eigenvalue weighted by Crippen LogP contribution is 2.32. The normalized spacial score (nSPS) is 12.2. The van der Waals surface area contributed by atoms with Gasteiger partial charge >= 0.3 is 0 Å². The van der Waals surface area contributed by atoms with E-state index in [4.69, 9.17) is 9.47 Å². The molecule has 0 aliphatic rings. The van der Waals surface area contributed by atoms with Crippen molar-refractivity contribution in [1.82, 2.24) is 9.97 Å². The Morgan fingerprint density at radius 3 is 2.39 bits per heavy atom. The van der Waals surface area contributed by atoms with Crippen LogP contribution in [0.1, 0.15) is 16.2 Å². The number of nitrogens with one attached hydrogen (secondary N) is 1. The number of hydrogen-bond acceptors (Lipinski definition) is 3. The van der Waals surface area contributed by atoms with Gasteiger partial charge in [0, 0.05) is 29.7 Å². The third-order valence-electron chi connectivity index (χ3n) is 2.66. The van der Waals surface area contributed by atoms with Crippen molar-refractivity contribution in [2.75, 3.05) is 14.2 Å². The summed E-state index contributed by atoms with van der Waals surface area (Å²) in [5.74, 6) is 2.51. The molecule has 5 heteroatoms. The molecular weight excluding hydrogens is 296 g/mol.